The quantitative estimate of drug-likeness (QED) is 0.524. The maximum absolute atomic E-state index is 12.8. The van der Waals surface area contributed by atoms with Crippen LogP contribution in [-0.2, 0) is 9.53 Å². The highest BCUT2D eigenvalue weighted by molar-refractivity contribution is 5.73. The molecule has 0 spiro atoms. The summed E-state index contributed by atoms with van der Waals surface area (Å²) < 4.78 is 43.1. The summed E-state index contributed by atoms with van der Waals surface area (Å²) in [6.07, 6.45) is -1.75. The normalized spacial score (nSPS) is 14.4. The lowest BCUT2D eigenvalue weighted by Crippen LogP contribution is -2.36. The second-order valence-corrected chi connectivity index (χ2v) is 5.48. The fourth-order valence-electron chi connectivity index (χ4n) is 1.56. The molecule has 0 rings (SSSR count). The monoisotopic (exact) mass is 268 g/mol. The number of halogens is 3. The van der Waals surface area contributed by atoms with E-state index >= 15 is 0 Å². The highest BCUT2D eigenvalue weighted by atomic mass is 19.4. The van der Waals surface area contributed by atoms with Crippen molar-refractivity contribution in [3.8, 4) is 0 Å². The third-order valence-corrected chi connectivity index (χ3v) is 2.43. The number of unbranched alkanes of at least 4 members (excludes halogenated alkanes) is 3. The van der Waals surface area contributed by atoms with E-state index in [0.717, 1.165) is 12.8 Å². The Labute approximate surface area is 107 Å². The molecule has 0 aromatic rings. The number of esters is 1. The third-order valence-electron chi connectivity index (χ3n) is 2.43. The van der Waals surface area contributed by atoms with Crippen molar-refractivity contribution in [2.24, 2.45) is 5.92 Å². The summed E-state index contributed by atoms with van der Waals surface area (Å²) in [5.41, 5.74) is -0.885. The molecule has 0 saturated carbocycles. The van der Waals surface area contributed by atoms with Crippen molar-refractivity contribution in [3.05, 3.63) is 0 Å². The van der Waals surface area contributed by atoms with Crippen LogP contribution in [0, 0.1) is 5.92 Å². The topological polar surface area (TPSA) is 26.3 Å². The first-order chi connectivity index (χ1) is 8.08. The molecule has 0 aliphatic heterocycles. The van der Waals surface area contributed by atoms with Crippen LogP contribution in [0.3, 0.4) is 0 Å². The van der Waals surface area contributed by atoms with Crippen molar-refractivity contribution in [1.82, 2.24) is 0 Å². The molecule has 108 valence electrons. The maximum atomic E-state index is 12.8. The molecule has 5 heteroatoms. The van der Waals surface area contributed by atoms with E-state index in [1.807, 2.05) is 6.92 Å². The van der Waals surface area contributed by atoms with E-state index in [1.165, 1.54) is 0 Å². The molecule has 0 amide bonds. The van der Waals surface area contributed by atoms with Gasteiger partial charge in [-0.15, -0.1) is 0 Å². The number of hydrogen-bond donors (Lipinski definition) is 0. The van der Waals surface area contributed by atoms with Crippen molar-refractivity contribution in [2.45, 2.75) is 71.6 Å². The van der Waals surface area contributed by atoms with Crippen LogP contribution in [0.15, 0.2) is 0 Å². The van der Waals surface area contributed by atoms with Crippen LogP contribution in [0.1, 0.15) is 59.8 Å². The Morgan fingerprint density at radius 1 is 1.11 bits per heavy atom. The highest BCUT2D eigenvalue weighted by Crippen LogP contribution is 2.32. The average Bonchev–Trinajstić information content (AvgIpc) is 2.12. The molecule has 1 atom stereocenters. The lowest BCUT2D eigenvalue weighted by molar-refractivity contribution is -0.205. The van der Waals surface area contributed by atoms with Crippen molar-refractivity contribution in [2.75, 3.05) is 0 Å². The summed E-state index contributed by atoms with van der Waals surface area (Å²) >= 11 is 0. The molecule has 1 unspecified atom stereocenters. The van der Waals surface area contributed by atoms with Crippen LogP contribution in [0.25, 0.3) is 0 Å². The molecule has 0 aliphatic rings. The minimum absolute atomic E-state index is 0.182. The van der Waals surface area contributed by atoms with E-state index in [1.54, 1.807) is 20.8 Å². The highest BCUT2D eigenvalue weighted by Gasteiger charge is 2.46. The van der Waals surface area contributed by atoms with Crippen molar-refractivity contribution >= 4 is 5.97 Å². The van der Waals surface area contributed by atoms with Crippen LogP contribution in [-0.4, -0.2) is 17.7 Å². The summed E-state index contributed by atoms with van der Waals surface area (Å²) in [5.74, 6) is -3.15. The van der Waals surface area contributed by atoms with Gasteiger partial charge in [0.1, 0.15) is 5.60 Å². The zero-order valence-electron chi connectivity index (χ0n) is 11.6. The van der Waals surface area contributed by atoms with E-state index in [4.69, 9.17) is 4.74 Å². The van der Waals surface area contributed by atoms with Gasteiger partial charge < -0.3 is 4.74 Å². The molecular weight excluding hydrogens is 245 g/mol. The Bertz CT molecular complexity index is 254. The number of alkyl halides is 3. The van der Waals surface area contributed by atoms with E-state index in [2.05, 4.69) is 0 Å². The molecule has 0 aromatic carbocycles. The number of ether oxygens (including phenoxy) is 1. The van der Waals surface area contributed by atoms with Crippen LogP contribution in [0.5, 0.6) is 0 Å². The zero-order chi connectivity index (χ0) is 14.4. The van der Waals surface area contributed by atoms with Gasteiger partial charge in [0.25, 0.3) is 0 Å². The maximum Gasteiger partial charge on any atom is 0.402 e. The molecule has 0 heterocycles. The first kappa shape index (κ1) is 17.3. The summed E-state index contributed by atoms with van der Waals surface area (Å²) in [7, 11) is 0. The smallest absolute Gasteiger partial charge is 0.402 e. The predicted molar refractivity (Wildman–Crippen MR) is 64.1 cm³/mol. The number of carbonyl (C=O) groups is 1. The van der Waals surface area contributed by atoms with Gasteiger partial charge in [-0.2, -0.15) is 13.2 Å². The second-order valence-electron chi connectivity index (χ2n) is 5.48. The minimum atomic E-state index is -4.52. The molecule has 0 radical (unpaired) electrons. The first-order valence-electron chi connectivity index (χ1n) is 6.37. The number of hydrogen-bond acceptors (Lipinski definition) is 2. The molecule has 0 aliphatic carbocycles. The van der Waals surface area contributed by atoms with Crippen LogP contribution < -0.4 is 0 Å². The van der Waals surface area contributed by atoms with Gasteiger partial charge in [0.05, 0.1) is 0 Å². The number of carbonyl (C=O) groups excluding carboxylic acids is 1. The molecule has 18 heavy (non-hydrogen) atoms. The molecular formula is C13H23F3O2. The summed E-state index contributed by atoms with van der Waals surface area (Å²) in [6, 6.07) is 0. The number of rotatable bonds is 6. The molecule has 0 aromatic heterocycles. The molecule has 0 N–H and O–H groups in total. The van der Waals surface area contributed by atoms with Gasteiger partial charge in [-0.25, -0.2) is 0 Å². The van der Waals surface area contributed by atoms with Crippen LogP contribution in [0.2, 0.25) is 0 Å². The lowest BCUT2D eigenvalue weighted by atomic mass is 10.00. The Hall–Kier alpha value is -0.740. The van der Waals surface area contributed by atoms with Crippen LogP contribution >= 0.6 is 0 Å². The Kier molecular flexibility index (Phi) is 6.71. The molecule has 0 saturated heterocycles. The largest absolute Gasteiger partial charge is 0.459 e. The Morgan fingerprint density at radius 2 is 1.67 bits per heavy atom. The molecule has 0 bridgehead atoms. The SMILES string of the molecule is CCCCCCC(C(=O)OC(C)(C)C)C(F)(F)F. The van der Waals surface area contributed by atoms with Gasteiger partial charge >= 0.3 is 12.1 Å². The summed E-state index contributed by atoms with van der Waals surface area (Å²) in [5, 5.41) is 0. The first-order valence-corrected chi connectivity index (χ1v) is 6.37. The van der Waals surface area contributed by atoms with Crippen molar-refractivity contribution in [3.63, 3.8) is 0 Å². The third kappa shape index (κ3) is 7.56. The lowest BCUT2D eigenvalue weighted by Gasteiger charge is -2.25. The van der Waals surface area contributed by atoms with Crippen LogP contribution in [0.4, 0.5) is 13.2 Å². The molecule has 0 fully saturated rings. The summed E-state index contributed by atoms with van der Waals surface area (Å²) in [4.78, 5) is 11.5. The predicted octanol–water partition coefficient (Wildman–Crippen LogP) is 4.48. The van der Waals surface area contributed by atoms with Crippen molar-refractivity contribution < 1.29 is 22.7 Å². The Morgan fingerprint density at radius 3 is 2.06 bits per heavy atom. The standard InChI is InChI=1S/C13H23F3O2/c1-5-6-7-8-9-10(13(14,15)16)11(17)18-12(2,3)4/h10H,5-9H2,1-4H3. The Balaban J connectivity index is 4.45. The van der Waals surface area contributed by atoms with E-state index < -0.39 is 23.7 Å². The average molecular weight is 268 g/mol. The van der Waals surface area contributed by atoms with Gasteiger partial charge in [-0.05, 0) is 27.2 Å². The van der Waals surface area contributed by atoms with Gasteiger partial charge in [0.2, 0.25) is 0 Å². The summed E-state index contributed by atoms with van der Waals surface area (Å²) in [6.45, 7) is 6.68. The van der Waals surface area contributed by atoms with Crippen molar-refractivity contribution in [1.29, 1.82) is 0 Å². The zero-order valence-corrected chi connectivity index (χ0v) is 11.6. The minimum Gasteiger partial charge on any atom is -0.459 e. The van der Waals surface area contributed by atoms with Gasteiger partial charge in [0, 0.05) is 0 Å². The van der Waals surface area contributed by atoms with Gasteiger partial charge in [0.15, 0.2) is 5.92 Å². The van der Waals surface area contributed by atoms with E-state index in [-0.39, 0.29) is 6.42 Å². The second kappa shape index (κ2) is 7.00. The van der Waals surface area contributed by atoms with Gasteiger partial charge in [-0.3, -0.25) is 4.79 Å². The van der Waals surface area contributed by atoms with E-state index in [9.17, 15) is 18.0 Å². The fourth-order valence-corrected chi connectivity index (χ4v) is 1.56. The fraction of sp³-hybridized carbons (Fsp3) is 0.923. The van der Waals surface area contributed by atoms with Gasteiger partial charge in [-0.1, -0.05) is 32.6 Å². The molecule has 2 nitrogen and oxygen atoms in total. The van der Waals surface area contributed by atoms with E-state index in [0.29, 0.717) is 12.8 Å².